The molecule has 2 aromatic carbocycles. The second-order valence-corrected chi connectivity index (χ2v) is 7.23. The van der Waals surface area contributed by atoms with Crippen LogP contribution in [0.3, 0.4) is 0 Å². The summed E-state index contributed by atoms with van der Waals surface area (Å²) in [6.07, 6.45) is 0.264. The number of esters is 1. The van der Waals surface area contributed by atoms with Gasteiger partial charge in [-0.3, -0.25) is 0 Å². The lowest BCUT2D eigenvalue weighted by molar-refractivity contribution is -0.142. The first-order chi connectivity index (χ1) is 12.9. The number of carbonyl (C=O) groups excluding carboxylic acids is 2. The number of hydrogen-bond acceptors (Lipinski definition) is 4. The second kappa shape index (κ2) is 10.1. The van der Waals surface area contributed by atoms with E-state index in [1.54, 1.807) is 7.11 Å². The molecule has 0 aromatic heterocycles. The molecule has 2 aromatic rings. The van der Waals surface area contributed by atoms with Crippen LogP contribution in [0.5, 0.6) is 5.75 Å². The van der Waals surface area contributed by atoms with E-state index in [0.29, 0.717) is 5.75 Å². The third-order valence-corrected chi connectivity index (χ3v) is 4.78. The maximum atomic E-state index is 12.4. The number of amides is 2. The molecule has 0 fully saturated rings. The standard InChI is InChI=1S/C20H23IN2O4/c1-13(14-7-5-4-6-8-14)22-20(25)23-17(19(24)27-3)12-15-11-16(21)9-10-18(15)26-2/h4-11,13,17H,12H2,1-3H3,(H2,22,23,25)/t13-,17+/m1/s1. The molecule has 0 aliphatic carbocycles. The van der Waals surface area contributed by atoms with E-state index in [4.69, 9.17) is 9.47 Å². The summed E-state index contributed by atoms with van der Waals surface area (Å²) >= 11 is 2.19. The zero-order valence-corrected chi connectivity index (χ0v) is 17.6. The maximum absolute atomic E-state index is 12.4. The van der Waals surface area contributed by atoms with Crippen LogP contribution in [0.4, 0.5) is 4.79 Å². The smallest absolute Gasteiger partial charge is 0.328 e. The first kappa shape index (κ1) is 21.0. The lowest BCUT2D eigenvalue weighted by Crippen LogP contribution is -2.48. The Bertz CT molecular complexity index is 783. The highest BCUT2D eigenvalue weighted by Gasteiger charge is 2.24. The number of rotatable bonds is 7. The van der Waals surface area contributed by atoms with Crippen molar-refractivity contribution >= 4 is 34.6 Å². The minimum atomic E-state index is -0.829. The molecule has 144 valence electrons. The molecule has 27 heavy (non-hydrogen) atoms. The fourth-order valence-corrected chi connectivity index (χ4v) is 3.24. The van der Waals surface area contributed by atoms with E-state index in [9.17, 15) is 9.59 Å². The van der Waals surface area contributed by atoms with E-state index in [2.05, 4.69) is 33.2 Å². The van der Waals surface area contributed by atoms with Crippen LogP contribution in [0.2, 0.25) is 0 Å². The third-order valence-electron chi connectivity index (χ3n) is 4.10. The second-order valence-electron chi connectivity index (χ2n) is 5.99. The molecule has 2 N–H and O–H groups in total. The number of hydrogen-bond donors (Lipinski definition) is 2. The first-order valence-corrected chi connectivity index (χ1v) is 9.54. The monoisotopic (exact) mass is 482 g/mol. The molecule has 0 aliphatic rings. The van der Waals surface area contributed by atoms with Crippen molar-refractivity contribution in [3.05, 3.63) is 63.2 Å². The number of ether oxygens (including phenoxy) is 2. The van der Waals surface area contributed by atoms with Crippen LogP contribution in [-0.4, -0.2) is 32.3 Å². The minimum Gasteiger partial charge on any atom is -0.496 e. The zero-order valence-electron chi connectivity index (χ0n) is 15.5. The summed E-state index contributed by atoms with van der Waals surface area (Å²) in [6.45, 7) is 1.88. The number of urea groups is 1. The van der Waals surface area contributed by atoms with Gasteiger partial charge >= 0.3 is 12.0 Å². The van der Waals surface area contributed by atoms with Gasteiger partial charge in [0.1, 0.15) is 11.8 Å². The van der Waals surface area contributed by atoms with Gasteiger partial charge in [-0.2, -0.15) is 0 Å². The van der Waals surface area contributed by atoms with Gasteiger partial charge in [0.25, 0.3) is 0 Å². The highest BCUT2D eigenvalue weighted by Crippen LogP contribution is 2.22. The summed E-state index contributed by atoms with van der Waals surface area (Å²) in [4.78, 5) is 24.6. The van der Waals surface area contributed by atoms with Gasteiger partial charge < -0.3 is 20.1 Å². The summed E-state index contributed by atoms with van der Waals surface area (Å²) in [5.41, 5.74) is 1.79. The molecule has 0 saturated carbocycles. The van der Waals surface area contributed by atoms with Gasteiger partial charge in [-0.25, -0.2) is 9.59 Å². The van der Waals surface area contributed by atoms with Gasteiger partial charge in [0.2, 0.25) is 0 Å². The van der Waals surface area contributed by atoms with Crippen molar-refractivity contribution < 1.29 is 19.1 Å². The van der Waals surface area contributed by atoms with Crippen molar-refractivity contribution in [1.29, 1.82) is 0 Å². The Labute approximate surface area is 172 Å². The van der Waals surface area contributed by atoms with Crippen molar-refractivity contribution in [1.82, 2.24) is 10.6 Å². The van der Waals surface area contributed by atoms with Crippen molar-refractivity contribution in [3.8, 4) is 5.75 Å². The summed E-state index contributed by atoms with van der Waals surface area (Å²) in [5, 5.41) is 5.55. The molecular weight excluding hydrogens is 459 g/mol. The van der Waals surface area contributed by atoms with E-state index < -0.39 is 18.0 Å². The van der Waals surface area contributed by atoms with Crippen LogP contribution in [0.25, 0.3) is 0 Å². The van der Waals surface area contributed by atoms with E-state index >= 15 is 0 Å². The fourth-order valence-electron chi connectivity index (χ4n) is 2.68. The van der Waals surface area contributed by atoms with E-state index in [1.165, 1.54) is 7.11 Å². The van der Waals surface area contributed by atoms with Gasteiger partial charge in [-0.1, -0.05) is 30.3 Å². The Morgan fingerprint density at radius 3 is 2.41 bits per heavy atom. The Morgan fingerprint density at radius 2 is 1.78 bits per heavy atom. The molecule has 0 saturated heterocycles. The average molecular weight is 482 g/mol. The fraction of sp³-hybridized carbons (Fsp3) is 0.300. The molecular formula is C20H23IN2O4. The highest BCUT2D eigenvalue weighted by molar-refractivity contribution is 14.1. The predicted molar refractivity (Wildman–Crippen MR) is 112 cm³/mol. The summed E-state index contributed by atoms with van der Waals surface area (Å²) in [7, 11) is 2.87. The predicted octanol–water partition coefficient (Wildman–Crippen LogP) is 3.44. The zero-order chi connectivity index (χ0) is 19.8. The summed E-state index contributed by atoms with van der Waals surface area (Å²) < 4.78 is 11.2. The molecule has 0 unspecified atom stereocenters. The van der Waals surface area contributed by atoms with Gasteiger partial charge in [0, 0.05) is 9.99 Å². The van der Waals surface area contributed by atoms with Crippen LogP contribution in [-0.2, 0) is 16.0 Å². The van der Waals surface area contributed by atoms with Crippen LogP contribution in [0.1, 0.15) is 24.1 Å². The summed E-state index contributed by atoms with van der Waals surface area (Å²) in [5.74, 6) is 0.141. The Morgan fingerprint density at radius 1 is 1.07 bits per heavy atom. The SMILES string of the molecule is COC(=O)[C@H](Cc1cc(I)ccc1OC)NC(=O)N[C@H](C)c1ccccc1. The molecule has 0 heterocycles. The quantitative estimate of drug-likeness (QED) is 0.469. The maximum Gasteiger partial charge on any atom is 0.328 e. The molecule has 2 amide bonds. The van der Waals surface area contributed by atoms with Crippen LogP contribution < -0.4 is 15.4 Å². The number of carbonyl (C=O) groups is 2. The molecule has 2 rings (SSSR count). The Balaban J connectivity index is 2.09. The molecule has 7 heteroatoms. The minimum absolute atomic E-state index is 0.197. The number of halogens is 1. The average Bonchev–Trinajstić information content (AvgIpc) is 2.67. The molecule has 0 radical (unpaired) electrons. The third kappa shape index (κ3) is 6.13. The van der Waals surface area contributed by atoms with E-state index in [-0.39, 0.29) is 12.5 Å². The lowest BCUT2D eigenvalue weighted by atomic mass is 10.0. The molecule has 0 bridgehead atoms. The van der Waals surface area contributed by atoms with E-state index in [1.807, 2.05) is 55.5 Å². The van der Waals surface area contributed by atoms with Gasteiger partial charge in [-0.15, -0.1) is 0 Å². The Kier molecular flexibility index (Phi) is 7.90. The van der Waals surface area contributed by atoms with Crippen molar-refractivity contribution in [2.45, 2.75) is 25.4 Å². The van der Waals surface area contributed by atoms with Gasteiger partial charge in [0.05, 0.1) is 20.3 Å². The molecule has 0 spiro atoms. The number of nitrogens with one attached hydrogen (secondary N) is 2. The topological polar surface area (TPSA) is 76.7 Å². The molecule has 2 atom stereocenters. The van der Waals surface area contributed by atoms with Crippen LogP contribution in [0, 0.1) is 3.57 Å². The molecule has 6 nitrogen and oxygen atoms in total. The van der Waals surface area contributed by atoms with Crippen molar-refractivity contribution in [3.63, 3.8) is 0 Å². The highest BCUT2D eigenvalue weighted by atomic mass is 127. The van der Waals surface area contributed by atoms with Gasteiger partial charge in [-0.05, 0) is 58.8 Å². The van der Waals surface area contributed by atoms with Crippen molar-refractivity contribution in [2.24, 2.45) is 0 Å². The van der Waals surface area contributed by atoms with Gasteiger partial charge in [0.15, 0.2) is 0 Å². The lowest BCUT2D eigenvalue weighted by Gasteiger charge is -2.20. The molecule has 0 aliphatic heterocycles. The van der Waals surface area contributed by atoms with Crippen molar-refractivity contribution in [2.75, 3.05) is 14.2 Å². The summed E-state index contributed by atoms with van der Waals surface area (Å²) in [6, 6.07) is 13.8. The van der Waals surface area contributed by atoms with Crippen LogP contribution >= 0.6 is 22.6 Å². The normalized spacial score (nSPS) is 12.6. The van der Waals surface area contributed by atoms with E-state index in [0.717, 1.165) is 14.7 Å². The first-order valence-electron chi connectivity index (χ1n) is 8.46. The largest absolute Gasteiger partial charge is 0.496 e. The number of benzene rings is 2. The van der Waals surface area contributed by atoms with Crippen LogP contribution in [0.15, 0.2) is 48.5 Å². The number of methoxy groups -OCH3 is 2. The Hall–Kier alpha value is -2.29.